The maximum atomic E-state index is 11.2. The molecule has 0 N–H and O–H groups in total. The van der Waals surface area contributed by atoms with Gasteiger partial charge in [0.2, 0.25) is 0 Å². The fourth-order valence-corrected chi connectivity index (χ4v) is 2.50. The van der Waals surface area contributed by atoms with E-state index in [0.29, 0.717) is 5.56 Å². The zero-order chi connectivity index (χ0) is 13.1. The molecule has 0 aliphatic rings. The number of carbonyl (C=O) groups excluding carboxylic acids is 1. The number of benzene rings is 1. The summed E-state index contributed by atoms with van der Waals surface area (Å²) < 4.78 is 0. The first-order valence-electron chi connectivity index (χ1n) is 5.78. The average Bonchev–Trinajstić information content (AvgIpc) is 2.33. The molecule has 2 nitrogen and oxygen atoms in total. The first-order valence-corrected chi connectivity index (χ1v) is 6.60. The molecule has 3 heteroatoms. The summed E-state index contributed by atoms with van der Waals surface area (Å²) in [5.41, 5.74) is 3.16. The number of aromatic nitrogens is 1. The van der Waals surface area contributed by atoms with Gasteiger partial charge in [-0.1, -0.05) is 29.5 Å². The zero-order valence-electron chi connectivity index (χ0n) is 10.7. The molecule has 18 heavy (non-hydrogen) atoms. The van der Waals surface area contributed by atoms with Crippen LogP contribution in [-0.2, 0) is 0 Å². The van der Waals surface area contributed by atoms with Crippen molar-refractivity contribution in [1.29, 1.82) is 0 Å². The van der Waals surface area contributed by atoms with Crippen molar-refractivity contribution in [1.82, 2.24) is 4.98 Å². The van der Waals surface area contributed by atoms with E-state index in [1.807, 2.05) is 12.1 Å². The molecule has 2 rings (SSSR count). The molecular weight excluding hydrogens is 242 g/mol. The van der Waals surface area contributed by atoms with Crippen LogP contribution < -0.4 is 0 Å². The van der Waals surface area contributed by atoms with Gasteiger partial charge in [0.05, 0.1) is 0 Å². The van der Waals surface area contributed by atoms with Crippen molar-refractivity contribution in [3.63, 3.8) is 0 Å². The number of hydrogen-bond donors (Lipinski definition) is 0. The third kappa shape index (κ3) is 2.99. The Morgan fingerprint density at radius 3 is 2.50 bits per heavy atom. The molecule has 0 spiro atoms. The highest BCUT2D eigenvalue weighted by Crippen LogP contribution is 2.29. The number of ketones is 1. The summed E-state index contributed by atoms with van der Waals surface area (Å²) in [6.07, 6.45) is 1.63. The predicted molar refractivity (Wildman–Crippen MR) is 74.3 cm³/mol. The highest BCUT2D eigenvalue weighted by molar-refractivity contribution is 7.99. The van der Waals surface area contributed by atoms with E-state index in [2.05, 4.69) is 37.0 Å². The molecule has 0 saturated carbocycles. The van der Waals surface area contributed by atoms with E-state index >= 15 is 0 Å². The van der Waals surface area contributed by atoms with Crippen molar-refractivity contribution < 1.29 is 4.79 Å². The summed E-state index contributed by atoms with van der Waals surface area (Å²) in [5, 5.41) is 0.909. The molecule has 0 unspecified atom stereocenters. The molecule has 0 atom stereocenters. The molecule has 1 aromatic heterocycles. The van der Waals surface area contributed by atoms with Crippen molar-refractivity contribution in [2.45, 2.75) is 30.7 Å². The second-order valence-corrected chi connectivity index (χ2v) is 5.37. The minimum absolute atomic E-state index is 0.0468. The quantitative estimate of drug-likeness (QED) is 0.777. The maximum Gasteiger partial charge on any atom is 0.161 e. The largest absolute Gasteiger partial charge is 0.294 e. The monoisotopic (exact) mass is 257 g/mol. The zero-order valence-corrected chi connectivity index (χ0v) is 11.5. The van der Waals surface area contributed by atoms with Crippen LogP contribution in [0, 0.1) is 13.8 Å². The lowest BCUT2D eigenvalue weighted by molar-refractivity contribution is 0.101. The Kier molecular flexibility index (Phi) is 3.82. The number of Topliss-reactive ketones (excluding diaryl/α,β-unsaturated/α-hetero) is 1. The molecule has 2 aromatic rings. The number of rotatable bonds is 3. The first kappa shape index (κ1) is 12.8. The van der Waals surface area contributed by atoms with Gasteiger partial charge in [0.15, 0.2) is 5.78 Å². The van der Waals surface area contributed by atoms with Gasteiger partial charge >= 0.3 is 0 Å². The molecule has 0 aliphatic carbocycles. The van der Waals surface area contributed by atoms with Gasteiger partial charge in [0.1, 0.15) is 5.03 Å². The smallest absolute Gasteiger partial charge is 0.161 e. The molecular formula is C15H15NOS. The summed E-state index contributed by atoms with van der Waals surface area (Å²) in [7, 11) is 0. The molecule has 92 valence electrons. The molecule has 0 amide bonds. The standard InChI is InChI=1S/C15H15NOS/c1-10-4-6-14(11(2)8-10)18-15-7-5-13(9-16-15)12(3)17/h4-9H,1-3H3. The van der Waals surface area contributed by atoms with Gasteiger partial charge in [-0.15, -0.1) is 0 Å². The van der Waals surface area contributed by atoms with E-state index in [0.717, 1.165) is 5.03 Å². The second-order valence-electron chi connectivity index (χ2n) is 4.31. The number of pyridine rings is 1. The van der Waals surface area contributed by atoms with Crippen LogP contribution in [0.4, 0.5) is 0 Å². The molecule has 1 heterocycles. The van der Waals surface area contributed by atoms with Crippen molar-refractivity contribution >= 4 is 17.5 Å². The van der Waals surface area contributed by atoms with Gasteiger partial charge in [-0.2, -0.15) is 0 Å². The summed E-state index contributed by atoms with van der Waals surface area (Å²) in [4.78, 5) is 16.7. The van der Waals surface area contributed by atoms with Gasteiger partial charge in [0.25, 0.3) is 0 Å². The summed E-state index contributed by atoms with van der Waals surface area (Å²) in [6, 6.07) is 10.1. The number of hydrogen-bond acceptors (Lipinski definition) is 3. The number of carbonyl (C=O) groups is 1. The Bertz CT molecular complexity index is 576. The Morgan fingerprint density at radius 2 is 1.94 bits per heavy atom. The van der Waals surface area contributed by atoms with E-state index in [9.17, 15) is 4.79 Å². The lowest BCUT2D eigenvalue weighted by atomic mass is 10.2. The van der Waals surface area contributed by atoms with Gasteiger partial charge < -0.3 is 0 Å². The third-order valence-electron chi connectivity index (χ3n) is 2.69. The van der Waals surface area contributed by atoms with Crippen molar-refractivity contribution in [2.24, 2.45) is 0 Å². The lowest BCUT2D eigenvalue weighted by Gasteiger charge is -2.06. The third-order valence-corrected chi connectivity index (χ3v) is 3.82. The van der Waals surface area contributed by atoms with Crippen LogP contribution in [-0.4, -0.2) is 10.8 Å². The predicted octanol–water partition coefficient (Wildman–Crippen LogP) is 4.05. The minimum atomic E-state index is 0.0468. The molecule has 1 aromatic carbocycles. The van der Waals surface area contributed by atoms with Crippen LogP contribution >= 0.6 is 11.8 Å². The Labute approximate surface area is 111 Å². The van der Waals surface area contributed by atoms with E-state index < -0.39 is 0 Å². The minimum Gasteiger partial charge on any atom is -0.294 e. The highest BCUT2D eigenvalue weighted by Gasteiger charge is 2.04. The van der Waals surface area contributed by atoms with Crippen LogP contribution in [0.2, 0.25) is 0 Å². The summed E-state index contributed by atoms with van der Waals surface area (Å²) in [5.74, 6) is 0.0468. The van der Waals surface area contributed by atoms with Gasteiger partial charge in [-0.25, -0.2) is 4.98 Å². The molecule has 0 saturated heterocycles. The molecule has 0 bridgehead atoms. The fraction of sp³-hybridized carbons (Fsp3) is 0.200. The second kappa shape index (κ2) is 5.36. The molecule has 0 aliphatic heterocycles. The SMILES string of the molecule is CC(=O)c1ccc(Sc2ccc(C)cc2C)nc1. The first-order chi connectivity index (χ1) is 8.56. The Balaban J connectivity index is 2.21. The van der Waals surface area contributed by atoms with Crippen LogP contribution in [0.3, 0.4) is 0 Å². The Morgan fingerprint density at radius 1 is 1.17 bits per heavy atom. The van der Waals surface area contributed by atoms with E-state index in [1.54, 1.807) is 24.9 Å². The molecule has 0 fully saturated rings. The van der Waals surface area contributed by atoms with Gasteiger partial charge in [-0.05, 0) is 44.5 Å². The van der Waals surface area contributed by atoms with Gasteiger partial charge in [-0.3, -0.25) is 4.79 Å². The van der Waals surface area contributed by atoms with Crippen LogP contribution in [0.15, 0.2) is 46.5 Å². The molecule has 0 radical (unpaired) electrons. The highest BCUT2D eigenvalue weighted by atomic mass is 32.2. The normalized spacial score (nSPS) is 10.4. The van der Waals surface area contributed by atoms with E-state index in [4.69, 9.17) is 0 Å². The number of nitrogens with zero attached hydrogens (tertiary/aromatic N) is 1. The van der Waals surface area contributed by atoms with Crippen LogP contribution in [0.5, 0.6) is 0 Å². The number of aryl methyl sites for hydroxylation is 2. The van der Waals surface area contributed by atoms with Crippen LogP contribution in [0.25, 0.3) is 0 Å². The van der Waals surface area contributed by atoms with Crippen molar-refractivity contribution in [2.75, 3.05) is 0 Å². The van der Waals surface area contributed by atoms with Crippen molar-refractivity contribution in [3.8, 4) is 0 Å². The average molecular weight is 257 g/mol. The van der Waals surface area contributed by atoms with Crippen molar-refractivity contribution in [3.05, 3.63) is 53.2 Å². The topological polar surface area (TPSA) is 30.0 Å². The van der Waals surface area contributed by atoms with Gasteiger partial charge in [0, 0.05) is 16.7 Å². The van der Waals surface area contributed by atoms with Crippen LogP contribution in [0.1, 0.15) is 28.4 Å². The fourth-order valence-electron chi connectivity index (χ4n) is 1.68. The van der Waals surface area contributed by atoms with E-state index in [1.165, 1.54) is 16.0 Å². The lowest BCUT2D eigenvalue weighted by Crippen LogP contribution is -1.93. The summed E-state index contributed by atoms with van der Waals surface area (Å²) in [6.45, 7) is 5.73. The van der Waals surface area contributed by atoms with E-state index in [-0.39, 0.29) is 5.78 Å². The Hall–Kier alpha value is -1.61. The summed E-state index contributed by atoms with van der Waals surface area (Å²) >= 11 is 1.62. The maximum absolute atomic E-state index is 11.2.